The second-order valence-electron chi connectivity index (χ2n) is 9.91. The predicted molar refractivity (Wildman–Crippen MR) is 147 cm³/mol. The van der Waals surface area contributed by atoms with E-state index < -0.39 is 28.7 Å². The lowest BCUT2D eigenvalue weighted by molar-refractivity contribution is -0.140. The average molecular weight is 529 g/mol. The van der Waals surface area contributed by atoms with Gasteiger partial charge < -0.3 is 10.2 Å². The van der Waals surface area contributed by atoms with E-state index in [2.05, 4.69) is 5.32 Å². The van der Waals surface area contributed by atoms with Gasteiger partial charge in [0, 0.05) is 26.7 Å². The second kappa shape index (κ2) is 13.1. The Morgan fingerprint density at radius 1 is 1.00 bits per heavy atom. The molecule has 0 radical (unpaired) electrons. The lowest BCUT2D eigenvalue weighted by atomic mass is 9.95. The van der Waals surface area contributed by atoms with E-state index in [4.69, 9.17) is 0 Å². The van der Waals surface area contributed by atoms with Crippen LogP contribution < -0.4 is 9.62 Å². The van der Waals surface area contributed by atoms with Gasteiger partial charge in [0.25, 0.3) is 0 Å². The minimum atomic E-state index is -3.96. The number of hydrogen-bond donors (Lipinski definition) is 1. The van der Waals surface area contributed by atoms with Crippen molar-refractivity contribution in [3.8, 4) is 0 Å². The van der Waals surface area contributed by atoms with Gasteiger partial charge in [-0.1, -0.05) is 74.2 Å². The van der Waals surface area contributed by atoms with E-state index in [1.165, 1.54) is 25.4 Å². The largest absolute Gasteiger partial charge is 0.352 e. The molecule has 202 valence electrons. The van der Waals surface area contributed by atoms with Gasteiger partial charge in [0.2, 0.25) is 11.8 Å². The zero-order chi connectivity index (χ0) is 27.0. The number of rotatable bonds is 11. The Morgan fingerprint density at radius 2 is 1.68 bits per heavy atom. The average Bonchev–Trinajstić information content (AvgIpc) is 2.88. The quantitative estimate of drug-likeness (QED) is 0.480. The van der Waals surface area contributed by atoms with Crippen LogP contribution >= 0.6 is 0 Å². The molecule has 8 nitrogen and oxygen atoms in total. The Hall–Kier alpha value is -2.91. The number of nitrogens with zero attached hydrogens (tertiary/aromatic N) is 3. The molecule has 1 N–H and O–H groups in total. The van der Waals surface area contributed by atoms with Crippen LogP contribution in [0.15, 0.2) is 54.6 Å². The molecule has 0 aromatic heterocycles. The van der Waals surface area contributed by atoms with E-state index >= 15 is 0 Å². The molecule has 1 unspecified atom stereocenters. The first-order valence-electron chi connectivity index (χ1n) is 13.0. The van der Waals surface area contributed by atoms with Crippen molar-refractivity contribution in [2.45, 2.75) is 71.0 Å². The SMILES string of the molecule is CCC(C(=O)NC1CCCCC1)N(Cc1cccc(C)c1)C(=O)CN(c1ccccc1)S(=O)(=O)N(C)C. The Balaban J connectivity index is 1.94. The molecule has 0 heterocycles. The van der Waals surface area contributed by atoms with Gasteiger partial charge >= 0.3 is 10.2 Å². The standard InChI is InChI=1S/C28H40N4O4S/c1-5-26(28(34)29-24-15-8-6-9-16-24)31(20-23-14-12-13-22(2)19-23)27(33)21-32(37(35,36)30(3)4)25-17-10-7-11-18-25/h7,10-14,17-19,24,26H,5-6,8-9,15-16,20-21H2,1-4H3,(H,29,34). The molecule has 2 aromatic rings. The first-order valence-corrected chi connectivity index (χ1v) is 14.4. The molecule has 2 aromatic carbocycles. The molecule has 0 bridgehead atoms. The van der Waals surface area contributed by atoms with Gasteiger partial charge in [0.1, 0.15) is 12.6 Å². The summed E-state index contributed by atoms with van der Waals surface area (Å²) in [5.74, 6) is -0.612. The van der Waals surface area contributed by atoms with Gasteiger partial charge in [-0.15, -0.1) is 0 Å². The highest BCUT2D eigenvalue weighted by Crippen LogP contribution is 2.22. The third-order valence-electron chi connectivity index (χ3n) is 6.84. The van der Waals surface area contributed by atoms with Crippen LogP contribution in [0.1, 0.15) is 56.6 Å². The Kier molecular flexibility index (Phi) is 10.1. The van der Waals surface area contributed by atoms with Crippen molar-refractivity contribution in [3.05, 3.63) is 65.7 Å². The van der Waals surface area contributed by atoms with Crippen LogP contribution in [0.3, 0.4) is 0 Å². The van der Waals surface area contributed by atoms with Gasteiger partial charge in [-0.3, -0.25) is 9.59 Å². The number of aryl methyl sites for hydroxylation is 1. The minimum Gasteiger partial charge on any atom is -0.352 e. The molecule has 1 saturated carbocycles. The number of nitrogens with one attached hydrogen (secondary N) is 1. The Bertz CT molecular complexity index is 1150. The van der Waals surface area contributed by atoms with Crippen molar-refractivity contribution in [1.29, 1.82) is 0 Å². The van der Waals surface area contributed by atoms with Gasteiger partial charge in [0.05, 0.1) is 5.69 Å². The van der Waals surface area contributed by atoms with E-state index in [1.54, 1.807) is 30.3 Å². The van der Waals surface area contributed by atoms with Crippen molar-refractivity contribution in [2.75, 3.05) is 24.9 Å². The molecule has 1 fully saturated rings. The lowest BCUT2D eigenvalue weighted by Crippen LogP contribution is -2.54. The molecular formula is C28H40N4O4S. The monoisotopic (exact) mass is 528 g/mol. The molecule has 0 aliphatic heterocycles. The van der Waals surface area contributed by atoms with E-state index in [-0.39, 0.29) is 18.5 Å². The van der Waals surface area contributed by atoms with Crippen molar-refractivity contribution < 1.29 is 18.0 Å². The molecule has 1 aliphatic rings. The van der Waals surface area contributed by atoms with Gasteiger partial charge in [-0.05, 0) is 43.9 Å². The van der Waals surface area contributed by atoms with Gasteiger partial charge in [-0.25, -0.2) is 4.31 Å². The van der Waals surface area contributed by atoms with E-state index in [1.807, 2.05) is 38.1 Å². The maximum Gasteiger partial charge on any atom is 0.304 e. The zero-order valence-corrected chi connectivity index (χ0v) is 23.2. The number of carbonyl (C=O) groups excluding carboxylic acids is 2. The summed E-state index contributed by atoms with van der Waals surface area (Å²) in [6.45, 7) is 3.65. The van der Waals surface area contributed by atoms with Crippen LogP contribution in [-0.4, -0.2) is 62.2 Å². The summed E-state index contributed by atoms with van der Waals surface area (Å²) in [4.78, 5) is 28.9. The second-order valence-corrected chi connectivity index (χ2v) is 12.0. The maximum atomic E-state index is 13.9. The van der Waals surface area contributed by atoms with Gasteiger partial charge in [-0.2, -0.15) is 12.7 Å². The number of amides is 2. The summed E-state index contributed by atoms with van der Waals surface area (Å²) in [5.41, 5.74) is 2.32. The van der Waals surface area contributed by atoms with Crippen LogP contribution in [0.4, 0.5) is 5.69 Å². The molecule has 0 spiro atoms. The fraction of sp³-hybridized carbons (Fsp3) is 0.500. The summed E-state index contributed by atoms with van der Waals surface area (Å²) in [6.07, 6.45) is 5.65. The van der Waals surface area contributed by atoms with Crippen molar-refractivity contribution >= 4 is 27.7 Å². The fourth-order valence-corrected chi connectivity index (χ4v) is 5.84. The predicted octanol–water partition coefficient (Wildman–Crippen LogP) is 3.86. The first kappa shape index (κ1) is 28.7. The molecule has 1 aliphatic carbocycles. The minimum absolute atomic E-state index is 0.112. The highest BCUT2D eigenvalue weighted by molar-refractivity contribution is 7.90. The summed E-state index contributed by atoms with van der Waals surface area (Å²) >= 11 is 0. The van der Waals surface area contributed by atoms with Crippen LogP contribution in [-0.2, 0) is 26.3 Å². The highest BCUT2D eigenvalue weighted by atomic mass is 32.2. The summed E-state index contributed by atoms with van der Waals surface area (Å²) < 4.78 is 28.6. The number of benzene rings is 2. The van der Waals surface area contributed by atoms with E-state index in [9.17, 15) is 18.0 Å². The third-order valence-corrected chi connectivity index (χ3v) is 8.66. The molecule has 1 atom stereocenters. The number of para-hydroxylation sites is 1. The number of anilines is 1. The third kappa shape index (κ3) is 7.55. The zero-order valence-electron chi connectivity index (χ0n) is 22.4. The smallest absolute Gasteiger partial charge is 0.304 e. The molecule has 9 heteroatoms. The molecule has 37 heavy (non-hydrogen) atoms. The normalized spacial score (nSPS) is 15.3. The van der Waals surface area contributed by atoms with E-state index in [0.29, 0.717) is 12.1 Å². The van der Waals surface area contributed by atoms with Gasteiger partial charge in [0.15, 0.2) is 0 Å². The van der Waals surface area contributed by atoms with Crippen LogP contribution in [0.25, 0.3) is 0 Å². The molecule has 3 rings (SSSR count). The molecule has 2 amide bonds. The van der Waals surface area contributed by atoms with E-state index in [0.717, 1.165) is 45.4 Å². The van der Waals surface area contributed by atoms with Crippen molar-refractivity contribution in [1.82, 2.24) is 14.5 Å². The fourth-order valence-electron chi connectivity index (χ4n) is 4.78. The molecular weight excluding hydrogens is 488 g/mol. The number of carbonyl (C=O) groups is 2. The topological polar surface area (TPSA) is 90.0 Å². The van der Waals surface area contributed by atoms with Crippen LogP contribution in [0.2, 0.25) is 0 Å². The van der Waals surface area contributed by atoms with Crippen molar-refractivity contribution in [3.63, 3.8) is 0 Å². The Morgan fingerprint density at radius 3 is 2.27 bits per heavy atom. The summed E-state index contributed by atoms with van der Waals surface area (Å²) in [6, 6.07) is 15.8. The van der Waals surface area contributed by atoms with Crippen LogP contribution in [0, 0.1) is 6.92 Å². The summed E-state index contributed by atoms with van der Waals surface area (Å²) in [7, 11) is -1.08. The number of hydrogen-bond acceptors (Lipinski definition) is 4. The first-order chi connectivity index (χ1) is 17.6. The maximum absolute atomic E-state index is 13.9. The lowest BCUT2D eigenvalue weighted by Gasteiger charge is -2.35. The highest BCUT2D eigenvalue weighted by Gasteiger charge is 2.34. The van der Waals surface area contributed by atoms with Crippen molar-refractivity contribution in [2.24, 2.45) is 0 Å². The summed E-state index contributed by atoms with van der Waals surface area (Å²) in [5, 5.41) is 3.16. The molecule has 0 saturated heterocycles. The Labute approximate surface area is 221 Å². The van der Waals surface area contributed by atoms with Crippen LogP contribution in [0.5, 0.6) is 0 Å².